The van der Waals surface area contributed by atoms with Crippen molar-refractivity contribution in [2.45, 2.75) is 0 Å². The third-order valence-corrected chi connectivity index (χ3v) is 10.3. The molecule has 0 radical (unpaired) electrons. The second-order valence-electron chi connectivity index (χ2n) is 12.1. The van der Waals surface area contributed by atoms with Crippen LogP contribution in [0.5, 0.6) is 0 Å². The molecule has 0 saturated carbocycles. The van der Waals surface area contributed by atoms with Crippen LogP contribution in [0.25, 0.3) is 92.5 Å². The quantitative estimate of drug-likeness (QED) is 0.182. The van der Waals surface area contributed by atoms with Crippen LogP contribution in [-0.4, -0.2) is 19.4 Å². The van der Waals surface area contributed by atoms with Gasteiger partial charge >= 0.3 is 0 Å². The predicted molar refractivity (Wildman–Crippen MR) is 200 cm³/mol. The van der Waals surface area contributed by atoms with Gasteiger partial charge in [0.05, 0.1) is 27.1 Å². The van der Waals surface area contributed by atoms with Gasteiger partial charge in [-0.1, -0.05) is 103 Å². The topological polar surface area (TPSA) is 43.1 Å². The van der Waals surface area contributed by atoms with Gasteiger partial charge in [-0.05, 0) is 64.4 Å². The summed E-state index contributed by atoms with van der Waals surface area (Å²) in [7, 11) is 0. The van der Waals surface area contributed by atoms with Crippen molar-refractivity contribution < 1.29 is 0 Å². The van der Waals surface area contributed by atoms with Crippen LogP contribution >= 0.6 is 11.3 Å². The fourth-order valence-corrected chi connectivity index (χ4v) is 7.81. The van der Waals surface area contributed by atoms with Crippen molar-refractivity contribution in [1.82, 2.24) is 19.4 Å². The minimum Gasteiger partial charge on any atom is -0.306 e. The maximum absolute atomic E-state index is 5.24. The highest BCUT2D eigenvalue weighted by molar-refractivity contribution is 7.21. The van der Waals surface area contributed by atoms with Crippen LogP contribution in [0.15, 0.2) is 158 Å². The van der Waals surface area contributed by atoms with Gasteiger partial charge in [-0.3, -0.25) is 0 Å². The number of para-hydroxylation sites is 2. The average molecular weight is 631 g/mol. The van der Waals surface area contributed by atoms with Gasteiger partial charge in [-0.15, -0.1) is 11.3 Å². The molecule has 0 saturated heterocycles. The van der Waals surface area contributed by atoms with Crippen LogP contribution in [0.1, 0.15) is 0 Å². The normalized spacial score (nSPS) is 11.8. The summed E-state index contributed by atoms with van der Waals surface area (Å²) in [6.07, 6.45) is 4.22. The van der Waals surface area contributed by atoms with E-state index in [1.807, 2.05) is 12.1 Å². The van der Waals surface area contributed by atoms with Crippen molar-refractivity contribution in [2.75, 3.05) is 0 Å². The summed E-state index contributed by atoms with van der Waals surface area (Å²) >= 11 is 1.74. The van der Waals surface area contributed by atoms with E-state index in [9.17, 15) is 0 Å². The smallest absolute Gasteiger partial charge is 0.146 e. The zero-order valence-electron chi connectivity index (χ0n) is 25.7. The summed E-state index contributed by atoms with van der Waals surface area (Å²) in [5.41, 5.74) is 10.5. The summed E-state index contributed by atoms with van der Waals surface area (Å²) < 4.78 is 3.34. The number of aromatic nitrogens is 4. The van der Waals surface area contributed by atoms with Crippen molar-refractivity contribution in [3.8, 4) is 44.2 Å². The Morgan fingerprint density at radius 1 is 0.479 bits per heavy atom. The van der Waals surface area contributed by atoms with Crippen molar-refractivity contribution in [3.63, 3.8) is 0 Å². The molecule has 4 nitrogen and oxygen atoms in total. The first-order chi connectivity index (χ1) is 23.7. The van der Waals surface area contributed by atoms with E-state index in [-0.39, 0.29) is 0 Å². The van der Waals surface area contributed by atoms with Gasteiger partial charge in [0, 0.05) is 45.2 Å². The van der Waals surface area contributed by atoms with Gasteiger partial charge in [0.1, 0.15) is 10.7 Å². The molecule has 0 aliphatic rings. The molecular formula is C43H26N4S. The number of benzene rings is 6. The summed E-state index contributed by atoms with van der Waals surface area (Å²) in [6.45, 7) is 0. The maximum atomic E-state index is 5.24. The lowest BCUT2D eigenvalue weighted by atomic mass is 9.96. The minimum absolute atomic E-state index is 0.933. The van der Waals surface area contributed by atoms with Crippen molar-refractivity contribution in [2.24, 2.45) is 0 Å². The molecule has 0 bridgehead atoms. The molecule has 0 aliphatic carbocycles. The zero-order valence-corrected chi connectivity index (χ0v) is 26.5. The zero-order chi connectivity index (χ0) is 31.6. The van der Waals surface area contributed by atoms with Crippen LogP contribution in [0.2, 0.25) is 0 Å². The summed E-state index contributed by atoms with van der Waals surface area (Å²) in [4.78, 5) is 15.3. The first-order valence-corrected chi connectivity index (χ1v) is 16.8. The monoisotopic (exact) mass is 630 g/mol. The van der Waals surface area contributed by atoms with E-state index in [4.69, 9.17) is 15.0 Å². The summed E-state index contributed by atoms with van der Waals surface area (Å²) in [5.74, 6) is 0. The van der Waals surface area contributed by atoms with Crippen LogP contribution in [0.3, 0.4) is 0 Å². The van der Waals surface area contributed by atoms with Gasteiger partial charge < -0.3 is 4.40 Å². The molecule has 6 aromatic carbocycles. The van der Waals surface area contributed by atoms with Crippen LogP contribution < -0.4 is 0 Å². The van der Waals surface area contributed by atoms with E-state index >= 15 is 0 Å². The van der Waals surface area contributed by atoms with Crippen LogP contribution in [-0.2, 0) is 0 Å². The number of rotatable bonds is 4. The first-order valence-electron chi connectivity index (χ1n) is 16.0. The van der Waals surface area contributed by atoms with Gasteiger partial charge in [0.2, 0.25) is 0 Å². The van der Waals surface area contributed by atoms with Gasteiger partial charge in [-0.25, -0.2) is 15.0 Å². The number of hydrogen-bond donors (Lipinski definition) is 0. The highest BCUT2D eigenvalue weighted by Gasteiger charge is 2.16. The number of fused-ring (bicyclic) bond motifs is 7. The number of imidazole rings is 1. The Morgan fingerprint density at radius 3 is 2.06 bits per heavy atom. The van der Waals surface area contributed by atoms with E-state index in [1.165, 1.54) is 21.0 Å². The molecule has 4 aromatic heterocycles. The third-order valence-electron chi connectivity index (χ3n) is 9.21. The first kappa shape index (κ1) is 27.0. The van der Waals surface area contributed by atoms with Crippen LogP contribution in [0.4, 0.5) is 0 Å². The molecule has 0 aliphatic heterocycles. The minimum atomic E-state index is 0.933. The molecule has 0 unspecified atom stereocenters. The number of hydrogen-bond acceptors (Lipinski definition) is 4. The lowest BCUT2D eigenvalue weighted by molar-refractivity contribution is 1.20. The summed E-state index contributed by atoms with van der Waals surface area (Å²) in [6, 6.07) is 51.3. The standard InChI is InChI=1S/C43H26N4S/c1-2-9-27(10-3-1)38-26-47-22-21-35-40(42(47)45-38)34-13-4-5-14-36(34)44-41(35)32-12-8-11-28(24-32)29-17-18-31-25-33(20-19-30(31)23-29)43-46-37-15-6-7-16-39(37)48-43/h1-26H. The fourth-order valence-electron chi connectivity index (χ4n) is 6.85. The van der Waals surface area contributed by atoms with E-state index in [2.05, 4.69) is 150 Å². The Bertz CT molecular complexity index is 2820. The van der Waals surface area contributed by atoms with Crippen LogP contribution in [0, 0.1) is 0 Å². The molecule has 224 valence electrons. The predicted octanol–water partition coefficient (Wildman–Crippen LogP) is 11.5. The SMILES string of the molecule is c1ccc(-c2cn3ccc4c(-c5cccc(-c6ccc7cc(-c8nc9ccccc9s8)ccc7c6)c5)nc5ccccc5c4c3n2)cc1. The Morgan fingerprint density at radius 2 is 1.19 bits per heavy atom. The van der Waals surface area contributed by atoms with Crippen molar-refractivity contribution >= 4 is 59.6 Å². The Kier molecular flexibility index (Phi) is 6.01. The summed E-state index contributed by atoms with van der Waals surface area (Å²) in [5, 5.41) is 6.75. The number of pyridine rings is 2. The molecule has 0 N–H and O–H groups in total. The third kappa shape index (κ3) is 4.40. The fraction of sp³-hybridized carbons (Fsp3) is 0. The van der Waals surface area contributed by atoms with Crippen molar-refractivity contribution in [1.29, 1.82) is 0 Å². The molecule has 0 amide bonds. The van der Waals surface area contributed by atoms with E-state index in [0.717, 1.165) is 71.5 Å². The van der Waals surface area contributed by atoms with E-state index < -0.39 is 0 Å². The second-order valence-corrected chi connectivity index (χ2v) is 13.2. The molecule has 0 atom stereocenters. The highest BCUT2D eigenvalue weighted by Crippen LogP contribution is 2.38. The number of thiazole rings is 1. The largest absolute Gasteiger partial charge is 0.306 e. The highest BCUT2D eigenvalue weighted by atomic mass is 32.1. The molecule has 0 spiro atoms. The second kappa shape index (κ2) is 10.7. The Hall–Kier alpha value is -6.17. The molecular weight excluding hydrogens is 605 g/mol. The van der Waals surface area contributed by atoms with E-state index in [1.54, 1.807) is 11.3 Å². The van der Waals surface area contributed by atoms with Gasteiger partial charge in [0.15, 0.2) is 0 Å². The lowest BCUT2D eigenvalue weighted by Gasteiger charge is -2.12. The Balaban J connectivity index is 1.08. The molecule has 48 heavy (non-hydrogen) atoms. The average Bonchev–Trinajstić information content (AvgIpc) is 3.80. The molecule has 10 rings (SSSR count). The molecule has 4 heterocycles. The van der Waals surface area contributed by atoms with Gasteiger partial charge in [-0.2, -0.15) is 0 Å². The van der Waals surface area contributed by atoms with Crippen molar-refractivity contribution in [3.05, 3.63) is 158 Å². The lowest BCUT2D eigenvalue weighted by Crippen LogP contribution is -1.93. The van der Waals surface area contributed by atoms with Gasteiger partial charge in [0.25, 0.3) is 0 Å². The molecule has 10 aromatic rings. The number of nitrogens with zero attached hydrogens (tertiary/aromatic N) is 4. The Labute approximate surface area is 280 Å². The maximum Gasteiger partial charge on any atom is 0.146 e. The molecule has 0 fully saturated rings. The van der Waals surface area contributed by atoms with E-state index in [0.29, 0.717) is 0 Å². The molecule has 5 heteroatoms.